The Hall–Kier alpha value is -0.610. The maximum Gasteiger partial charge on any atom is 0.146 e. The number of alkyl halides is 1. The lowest BCUT2D eigenvalue weighted by Gasteiger charge is -2.23. The first-order chi connectivity index (χ1) is 8.22. The van der Waals surface area contributed by atoms with Crippen molar-refractivity contribution in [2.75, 3.05) is 31.2 Å². The van der Waals surface area contributed by atoms with Gasteiger partial charge in [0, 0.05) is 25.0 Å². The van der Waals surface area contributed by atoms with Crippen molar-refractivity contribution in [3.63, 3.8) is 0 Å². The number of anilines is 1. The fraction of sp³-hybridized carbons (Fsp3) is 0.538. The molecule has 4 heteroatoms. The quantitative estimate of drug-likeness (QED) is 0.564. The first-order valence-corrected chi connectivity index (χ1v) is 7.02. The molecule has 1 aromatic rings. The number of likely N-dealkylation sites (N-methyl/N-ethyl adjacent to an activating group) is 1. The van der Waals surface area contributed by atoms with Crippen molar-refractivity contribution in [1.29, 1.82) is 0 Å². The molecule has 0 aliphatic carbocycles. The van der Waals surface area contributed by atoms with Crippen molar-refractivity contribution in [3.8, 4) is 0 Å². The van der Waals surface area contributed by atoms with Gasteiger partial charge in [0.25, 0.3) is 0 Å². The summed E-state index contributed by atoms with van der Waals surface area (Å²) in [6, 6.07) is 5.35. The maximum atomic E-state index is 13.9. The fourth-order valence-electron chi connectivity index (χ4n) is 1.66. The van der Waals surface area contributed by atoms with Gasteiger partial charge in [-0.1, -0.05) is 22.0 Å². The molecule has 96 valence electrons. The molecule has 0 radical (unpaired) electrons. The second-order valence-electron chi connectivity index (χ2n) is 3.70. The highest BCUT2D eigenvalue weighted by atomic mass is 79.9. The summed E-state index contributed by atoms with van der Waals surface area (Å²) in [7, 11) is 0. The minimum absolute atomic E-state index is 0.166. The number of hydrogen-bond donors (Lipinski definition) is 0. The molecular formula is C13H19BrFNO. The van der Waals surface area contributed by atoms with Gasteiger partial charge in [0.1, 0.15) is 5.82 Å². The molecule has 0 unspecified atom stereocenters. The van der Waals surface area contributed by atoms with E-state index in [0.29, 0.717) is 24.2 Å². The van der Waals surface area contributed by atoms with Crippen molar-refractivity contribution in [2.24, 2.45) is 0 Å². The number of halogens is 2. The third kappa shape index (κ3) is 4.28. The number of rotatable bonds is 7. The van der Waals surface area contributed by atoms with E-state index in [4.69, 9.17) is 4.74 Å². The molecule has 0 spiro atoms. The van der Waals surface area contributed by atoms with Crippen molar-refractivity contribution in [2.45, 2.75) is 19.2 Å². The Kier molecular flexibility index (Phi) is 6.52. The molecule has 0 atom stereocenters. The lowest BCUT2D eigenvalue weighted by molar-refractivity contribution is 0.154. The molecule has 0 saturated carbocycles. The Bertz CT molecular complexity index is 346. The van der Waals surface area contributed by atoms with E-state index in [1.807, 2.05) is 30.9 Å². The summed E-state index contributed by atoms with van der Waals surface area (Å²) in [5.41, 5.74) is 1.60. The van der Waals surface area contributed by atoms with E-state index in [2.05, 4.69) is 15.9 Å². The SMILES string of the molecule is CCOCCN(CC)c1ccc(CBr)cc1F. The minimum Gasteiger partial charge on any atom is -0.380 e. The molecule has 0 bridgehead atoms. The highest BCUT2D eigenvalue weighted by Gasteiger charge is 2.10. The van der Waals surface area contributed by atoms with Crippen LogP contribution < -0.4 is 4.90 Å². The molecule has 0 amide bonds. The maximum absolute atomic E-state index is 13.9. The van der Waals surface area contributed by atoms with Crippen LogP contribution >= 0.6 is 15.9 Å². The van der Waals surface area contributed by atoms with Gasteiger partial charge in [-0.15, -0.1) is 0 Å². The molecule has 0 aliphatic heterocycles. The summed E-state index contributed by atoms with van der Waals surface area (Å²) < 4.78 is 19.2. The third-order valence-corrected chi connectivity index (χ3v) is 3.25. The van der Waals surface area contributed by atoms with Gasteiger partial charge in [-0.25, -0.2) is 4.39 Å². The third-order valence-electron chi connectivity index (χ3n) is 2.60. The second-order valence-corrected chi connectivity index (χ2v) is 4.26. The first-order valence-electron chi connectivity index (χ1n) is 5.90. The Morgan fingerprint density at radius 2 is 2.12 bits per heavy atom. The van der Waals surface area contributed by atoms with Crippen LogP contribution in [0.25, 0.3) is 0 Å². The van der Waals surface area contributed by atoms with Gasteiger partial charge in [0.05, 0.1) is 12.3 Å². The molecule has 0 aliphatic rings. The molecule has 1 aromatic carbocycles. The molecule has 0 saturated heterocycles. The second kappa shape index (κ2) is 7.67. The number of ether oxygens (including phenoxy) is 1. The molecule has 1 rings (SSSR count). The largest absolute Gasteiger partial charge is 0.380 e. The summed E-state index contributed by atoms with van der Waals surface area (Å²) in [4.78, 5) is 1.99. The average molecular weight is 304 g/mol. The van der Waals surface area contributed by atoms with Crippen LogP contribution in [0.15, 0.2) is 18.2 Å². The van der Waals surface area contributed by atoms with Crippen LogP contribution in [-0.2, 0) is 10.1 Å². The van der Waals surface area contributed by atoms with Gasteiger partial charge in [-0.05, 0) is 31.5 Å². The smallest absolute Gasteiger partial charge is 0.146 e. The summed E-state index contributed by atoms with van der Waals surface area (Å²) >= 11 is 3.32. The summed E-state index contributed by atoms with van der Waals surface area (Å²) in [6.07, 6.45) is 0. The lowest BCUT2D eigenvalue weighted by atomic mass is 10.2. The summed E-state index contributed by atoms with van der Waals surface area (Å²) in [5, 5.41) is 0.676. The summed E-state index contributed by atoms with van der Waals surface area (Å²) in [5.74, 6) is -0.166. The van der Waals surface area contributed by atoms with E-state index in [-0.39, 0.29) is 5.82 Å². The predicted molar refractivity (Wildman–Crippen MR) is 73.4 cm³/mol. The Labute approximate surface area is 111 Å². The van der Waals surface area contributed by atoms with Crippen molar-refractivity contribution < 1.29 is 9.13 Å². The van der Waals surface area contributed by atoms with Crippen LogP contribution in [-0.4, -0.2) is 26.3 Å². The van der Waals surface area contributed by atoms with E-state index >= 15 is 0 Å². The van der Waals surface area contributed by atoms with Gasteiger partial charge in [-0.2, -0.15) is 0 Å². The molecule has 0 aromatic heterocycles. The van der Waals surface area contributed by atoms with Gasteiger partial charge >= 0.3 is 0 Å². The van der Waals surface area contributed by atoms with Crippen LogP contribution in [0.5, 0.6) is 0 Å². The van der Waals surface area contributed by atoms with E-state index in [1.54, 1.807) is 6.07 Å². The van der Waals surface area contributed by atoms with Gasteiger partial charge in [0.2, 0.25) is 0 Å². The molecular weight excluding hydrogens is 285 g/mol. The zero-order valence-electron chi connectivity index (χ0n) is 10.4. The first kappa shape index (κ1) is 14.5. The fourth-order valence-corrected chi connectivity index (χ4v) is 2.01. The van der Waals surface area contributed by atoms with Crippen molar-refractivity contribution in [1.82, 2.24) is 0 Å². The topological polar surface area (TPSA) is 12.5 Å². The van der Waals surface area contributed by atoms with Crippen LogP contribution in [0.2, 0.25) is 0 Å². The zero-order chi connectivity index (χ0) is 12.7. The van der Waals surface area contributed by atoms with Crippen LogP contribution in [0, 0.1) is 5.82 Å². The van der Waals surface area contributed by atoms with Crippen molar-refractivity contribution >= 4 is 21.6 Å². The van der Waals surface area contributed by atoms with Crippen LogP contribution in [0.1, 0.15) is 19.4 Å². The standard InChI is InChI=1S/C13H19BrFNO/c1-3-16(7-8-17-4-2)13-6-5-11(10-14)9-12(13)15/h5-6,9H,3-4,7-8,10H2,1-2H3. The molecule has 17 heavy (non-hydrogen) atoms. The lowest BCUT2D eigenvalue weighted by Crippen LogP contribution is -2.28. The van der Waals surface area contributed by atoms with Gasteiger partial charge < -0.3 is 9.64 Å². The van der Waals surface area contributed by atoms with E-state index < -0.39 is 0 Å². The predicted octanol–water partition coefficient (Wildman–Crippen LogP) is 3.58. The number of hydrogen-bond acceptors (Lipinski definition) is 2. The monoisotopic (exact) mass is 303 g/mol. The van der Waals surface area contributed by atoms with E-state index in [9.17, 15) is 4.39 Å². The zero-order valence-corrected chi connectivity index (χ0v) is 12.0. The van der Waals surface area contributed by atoms with E-state index in [1.165, 1.54) is 0 Å². The van der Waals surface area contributed by atoms with Gasteiger partial charge in [0.15, 0.2) is 0 Å². The molecule has 0 N–H and O–H groups in total. The van der Waals surface area contributed by atoms with Crippen LogP contribution in [0.4, 0.5) is 10.1 Å². The Balaban J connectivity index is 2.73. The minimum atomic E-state index is -0.166. The number of benzene rings is 1. The van der Waals surface area contributed by atoms with Gasteiger partial charge in [-0.3, -0.25) is 0 Å². The number of nitrogens with zero attached hydrogens (tertiary/aromatic N) is 1. The highest BCUT2D eigenvalue weighted by molar-refractivity contribution is 9.08. The molecule has 0 heterocycles. The van der Waals surface area contributed by atoms with Crippen molar-refractivity contribution in [3.05, 3.63) is 29.6 Å². The highest BCUT2D eigenvalue weighted by Crippen LogP contribution is 2.21. The summed E-state index contributed by atoms with van der Waals surface area (Å²) in [6.45, 7) is 6.80. The Morgan fingerprint density at radius 1 is 1.35 bits per heavy atom. The Morgan fingerprint density at radius 3 is 2.65 bits per heavy atom. The molecule has 2 nitrogen and oxygen atoms in total. The van der Waals surface area contributed by atoms with Crippen LogP contribution in [0.3, 0.4) is 0 Å². The molecule has 0 fully saturated rings. The normalized spacial score (nSPS) is 10.6. The average Bonchev–Trinajstić information content (AvgIpc) is 2.35. The van der Waals surface area contributed by atoms with E-state index in [0.717, 1.165) is 18.7 Å².